The van der Waals surface area contributed by atoms with Gasteiger partial charge >= 0.3 is 0 Å². The van der Waals surface area contributed by atoms with Crippen molar-refractivity contribution < 1.29 is 9.53 Å². The Morgan fingerprint density at radius 3 is 2.82 bits per heavy atom. The molecule has 1 amide bonds. The highest BCUT2D eigenvalue weighted by Gasteiger charge is 2.08. The predicted octanol–water partition coefficient (Wildman–Crippen LogP) is 2.70. The van der Waals surface area contributed by atoms with Crippen LogP contribution in [0.5, 0.6) is 0 Å². The van der Waals surface area contributed by atoms with Gasteiger partial charge < -0.3 is 15.8 Å². The molecule has 0 radical (unpaired) electrons. The highest BCUT2D eigenvalue weighted by Crippen LogP contribution is 2.27. The number of nitrogens with one attached hydrogen (secondary N) is 1. The van der Waals surface area contributed by atoms with Gasteiger partial charge in [0.2, 0.25) is 5.91 Å². The van der Waals surface area contributed by atoms with E-state index in [1.54, 1.807) is 6.07 Å². The van der Waals surface area contributed by atoms with Crippen molar-refractivity contribution in [1.82, 2.24) is 0 Å². The van der Waals surface area contributed by atoms with E-state index in [4.69, 9.17) is 10.5 Å². The van der Waals surface area contributed by atoms with Crippen molar-refractivity contribution >= 4 is 33.2 Å². The standard InChI is InChI=1S/C12H17BrN2O2/c1-3-17-5-4-11(16)15-12-8(2)6-9(13)7-10(12)14/h6-7H,3-5,14H2,1-2H3,(H,15,16). The number of halogens is 1. The minimum absolute atomic E-state index is 0.0874. The van der Waals surface area contributed by atoms with E-state index in [9.17, 15) is 4.79 Å². The maximum atomic E-state index is 11.6. The molecule has 4 nitrogen and oxygen atoms in total. The van der Waals surface area contributed by atoms with Gasteiger partial charge in [-0.3, -0.25) is 4.79 Å². The first-order valence-corrected chi connectivity index (χ1v) is 6.27. The summed E-state index contributed by atoms with van der Waals surface area (Å²) in [6, 6.07) is 3.68. The maximum absolute atomic E-state index is 11.6. The van der Waals surface area contributed by atoms with Crippen LogP contribution >= 0.6 is 15.9 Å². The molecule has 3 N–H and O–H groups in total. The molecule has 0 heterocycles. The number of benzene rings is 1. The van der Waals surface area contributed by atoms with Crippen molar-refractivity contribution in [2.24, 2.45) is 0 Å². The van der Waals surface area contributed by atoms with Crippen LogP contribution in [-0.4, -0.2) is 19.1 Å². The van der Waals surface area contributed by atoms with Gasteiger partial charge in [-0.15, -0.1) is 0 Å². The van der Waals surface area contributed by atoms with Gasteiger partial charge in [0, 0.05) is 11.1 Å². The smallest absolute Gasteiger partial charge is 0.226 e. The molecule has 94 valence electrons. The molecule has 0 aliphatic heterocycles. The summed E-state index contributed by atoms with van der Waals surface area (Å²) in [6.07, 6.45) is 0.336. The number of hydrogen-bond acceptors (Lipinski definition) is 3. The molecular weight excluding hydrogens is 284 g/mol. The second-order valence-corrected chi connectivity index (χ2v) is 4.60. The van der Waals surface area contributed by atoms with Gasteiger partial charge in [-0.2, -0.15) is 0 Å². The summed E-state index contributed by atoms with van der Waals surface area (Å²) < 4.78 is 6.02. The summed E-state index contributed by atoms with van der Waals surface area (Å²) in [5.74, 6) is -0.0874. The van der Waals surface area contributed by atoms with E-state index in [1.165, 1.54) is 0 Å². The third-order valence-electron chi connectivity index (χ3n) is 2.27. The lowest BCUT2D eigenvalue weighted by Gasteiger charge is -2.12. The van der Waals surface area contributed by atoms with E-state index in [0.717, 1.165) is 10.0 Å². The summed E-state index contributed by atoms with van der Waals surface area (Å²) >= 11 is 3.35. The van der Waals surface area contributed by atoms with E-state index in [1.807, 2.05) is 19.9 Å². The highest BCUT2D eigenvalue weighted by molar-refractivity contribution is 9.10. The average Bonchev–Trinajstić information content (AvgIpc) is 2.24. The number of amides is 1. The molecule has 1 aromatic rings. The summed E-state index contributed by atoms with van der Waals surface area (Å²) in [5, 5.41) is 2.80. The summed E-state index contributed by atoms with van der Waals surface area (Å²) in [4.78, 5) is 11.6. The molecule has 1 rings (SSSR count). The lowest BCUT2D eigenvalue weighted by Crippen LogP contribution is -2.16. The lowest BCUT2D eigenvalue weighted by molar-refractivity contribution is -0.117. The van der Waals surface area contributed by atoms with E-state index in [-0.39, 0.29) is 5.91 Å². The molecule has 0 atom stereocenters. The van der Waals surface area contributed by atoms with Crippen LogP contribution in [0.3, 0.4) is 0 Å². The van der Waals surface area contributed by atoms with Crippen molar-refractivity contribution in [1.29, 1.82) is 0 Å². The second kappa shape index (κ2) is 6.61. The molecule has 17 heavy (non-hydrogen) atoms. The number of nitrogens with two attached hydrogens (primary N) is 1. The van der Waals surface area contributed by atoms with Crippen LogP contribution in [0.25, 0.3) is 0 Å². The fourth-order valence-corrected chi connectivity index (χ4v) is 2.04. The van der Waals surface area contributed by atoms with Gasteiger partial charge in [0.05, 0.1) is 24.4 Å². The molecule has 0 aliphatic rings. The first kappa shape index (κ1) is 14.0. The molecule has 0 spiro atoms. The van der Waals surface area contributed by atoms with Crippen molar-refractivity contribution in [3.63, 3.8) is 0 Å². The Morgan fingerprint density at radius 2 is 2.24 bits per heavy atom. The third kappa shape index (κ3) is 4.36. The zero-order chi connectivity index (χ0) is 12.8. The lowest BCUT2D eigenvalue weighted by atomic mass is 10.1. The molecule has 0 saturated heterocycles. The molecule has 0 aliphatic carbocycles. The zero-order valence-electron chi connectivity index (χ0n) is 10.0. The van der Waals surface area contributed by atoms with Crippen LogP contribution in [0.4, 0.5) is 11.4 Å². The first-order chi connectivity index (χ1) is 8.04. The second-order valence-electron chi connectivity index (χ2n) is 3.68. The van der Waals surface area contributed by atoms with Crippen molar-refractivity contribution in [3.05, 3.63) is 22.2 Å². The largest absolute Gasteiger partial charge is 0.397 e. The first-order valence-electron chi connectivity index (χ1n) is 5.47. The van der Waals surface area contributed by atoms with Gasteiger partial charge in [-0.05, 0) is 31.5 Å². The van der Waals surface area contributed by atoms with Crippen LogP contribution < -0.4 is 11.1 Å². The predicted molar refractivity (Wildman–Crippen MR) is 73.0 cm³/mol. The Hall–Kier alpha value is -1.07. The van der Waals surface area contributed by atoms with E-state index < -0.39 is 0 Å². The van der Waals surface area contributed by atoms with E-state index >= 15 is 0 Å². The quantitative estimate of drug-likeness (QED) is 0.649. The Bertz CT molecular complexity index is 384. The van der Waals surface area contributed by atoms with Crippen LogP contribution in [-0.2, 0) is 9.53 Å². The molecular formula is C12H17BrN2O2. The van der Waals surface area contributed by atoms with Gasteiger partial charge in [-0.1, -0.05) is 15.9 Å². The Labute approximate surface area is 110 Å². The average molecular weight is 301 g/mol. The minimum Gasteiger partial charge on any atom is -0.397 e. The molecule has 0 aromatic heterocycles. The number of carbonyl (C=O) groups excluding carboxylic acids is 1. The highest BCUT2D eigenvalue weighted by atomic mass is 79.9. The number of nitrogen functional groups attached to an aromatic ring is 1. The van der Waals surface area contributed by atoms with Crippen LogP contribution in [0.1, 0.15) is 18.9 Å². The molecule has 0 unspecified atom stereocenters. The topological polar surface area (TPSA) is 64.3 Å². The number of aryl methyl sites for hydroxylation is 1. The van der Waals surface area contributed by atoms with E-state index in [2.05, 4.69) is 21.2 Å². The molecule has 0 fully saturated rings. The third-order valence-corrected chi connectivity index (χ3v) is 2.73. The Balaban J connectivity index is 2.65. The van der Waals surface area contributed by atoms with Crippen LogP contribution in [0, 0.1) is 6.92 Å². The van der Waals surface area contributed by atoms with Gasteiger partial charge in [-0.25, -0.2) is 0 Å². The fourth-order valence-electron chi connectivity index (χ4n) is 1.45. The van der Waals surface area contributed by atoms with Crippen molar-refractivity contribution in [3.8, 4) is 0 Å². The SMILES string of the molecule is CCOCCC(=O)Nc1c(C)cc(Br)cc1N. The zero-order valence-corrected chi connectivity index (χ0v) is 11.6. The summed E-state index contributed by atoms with van der Waals surface area (Å²) in [7, 11) is 0. The summed E-state index contributed by atoms with van der Waals surface area (Å²) in [6.45, 7) is 4.85. The minimum atomic E-state index is -0.0874. The van der Waals surface area contributed by atoms with Gasteiger partial charge in [0.1, 0.15) is 0 Å². The number of anilines is 2. The van der Waals surface area contributed by atoms with E-state index in [0.29, 0.717) is 31.0 Å². The molecule has 0 saturated carbocycles. The maximum Gasteiger partial charge on any atom is 0.226 e. The fraction of sp³-hybridized carbons (Fsp3) is 0.417. The molecule has 0 bridgehead atoms. The molecule has 5 heteroatoms. The van der Waals surface area contributed by atoms with Gasteiger partial charge in [0.25, 0.3) is 0 Å². The van der Waals surface area contributed by atoms with Crippen LogP contribution in [0.15, 0.2) is 16.6 Å². The number of hydrogen-bond donors (Lipinski definition) is 2. The number of carbonyl (C=O) groups is 1. The number of rotatable bonds is 5. The Morgan fingerprint density at radius 1 is 1.53 bits per heavy atom. The van der Waals surface area contributed by atoms with Crippen LogP contribution in [0.2, 0.25) is 0 Å². The number of ether oxygens (including phenoxy) is 1. The van der Waals surface area contributed by atoms with Gasteiger partial charge in [0.15, 0.2) is 0 Å². The Kier molecular flexibility index (Phi) is 5.44. The normalized spacial score (nSPS) is 10.3. The molecule has 1 aromatic carbocycles. The summed E-state index contributed by atoms with van der Waals surface area (Å²) in [5.41, 5.74) is 8.01. The van der Waals surface area contributed by atoms with Crippen molar-refractivity contribution in [2.75, 3.05) is 24.3 Å². The van der Waals surface area contributed by atoms with Crippen molar-refractivity contribution in [2.45, 2.75) is 20.3 Å². The monoisotopic (exact) mass is 300 g/mol.